The highest BCUT2D eigenvalue weighted by Crippen LogP contribution is 2.37. The third-order valence-electron chi connectivity index (χ3n) is 7.14. The normalized spacial score (nSPS) is 18.8. The molecule has 0 saturated carbocycles. The minimum Gasteiger partial charge on any atom is -0.371 e. The lowest BCUT2D eigenvalue weighted by Gasteiger charge is -2.32. The minimum atomic E-state index is -2.95. The molecule has 38 heavy (non-hydrogen) atoms. The van der Waals surface area contributed by atoms with E-state index in [1.807, 2.05) is 23.5 Å². The maximum absolute atomic E-state index is 14.9. The van der Waals surface area contributed by atoms with Gasteiger partial charge in [0.15, 0.2) is 0 Å². The number of halogens is 3. The maximum atomic E-state index is 14.9. The quantitative estimate of drug-likeness (QED) is 0.455. The number of benzene rings is 1. The number of aromatic nitrogens is 3. The van der Waals surface area contributed by atoms with Gasteiger partial charge in [-0.15, -0.1) is 0 Å². The summed E-state index contributed by atoms with van der Waals surface area (Å²) in [4.78, 5) is 36.4. The Balaban J connectivity index is 1.90. The molecule has 2 aromatic heterocycles. The van der Waals surface area contributed by atoms with Crippen LogP contribution in [-0.2, 0) is 20.4 Å². The molecule has 4 rings (SSSR count). The predicted molar refractivity (Wildman–Crippen MR) is 146 cm³/mol. The summed E-state index contributed by atoms with van der Waals surface area (Å²) in [7, 11) is 7.13. The number of carbonyl (C=O) groups excluding carboxylic acids is 1. The van der Waals surface area contributed by atoms with Gasteiger partial charge in [-0.2, -0.15) is 0 Å². The number of ether oxygens (including phenoxy) is 1. The average molecular weight is 525 g/mol. The summed E-state index contributed by atoms with van der Waals surface area (Å²) < 4.78 is 48.9. The van der Waals surface area contributed by atoms with E-state index >= 15 is 0 Å². The zero-order valence-corrected chi connectivity index (χ0v) is 22.3. The molecule has 1 aliphatic heterocycles. The largest absolute Gasteiger partial charge is 0.371 e. The second-order valence-electron chi connectivity index (χ2n) is 10.6. The summed E-state index contributed by atoms with van der Waals surface area (Å²) in [6, 6.07) is 4.80. The van der Waals surface area contributed by atoms with Gasteiger partial charge in [0.1, 0.15) is 52.7 Å². The fourth-order valence-electron chi connectivity index (χ4n) is 5.09. The zero-order chi connectivity index (χ0) is 28.0. The van der Waals surface area contributed by atoms with E-state index in [1.165, 1.54) is 32.5 Å². The Morgan fingerprint density at radius 2 is 1.92 bits per heavy atom. The average Bonchev–Trinajstić information content (AvgIpc) is 3.29. The van der Waals surface area contributed by atoms with Crippen molar-refractivity contribution < 1.29 is 22.7 Å². The lowest BCUT2D eigenvalue weighted by molar-refractivity contribution is -0.129. The van der Waals surface area contributed by atoms with Crippen molar-refractivity contribution in [2.45, 2.75) is 43.6 Å². The van der Waals surface area contributed by atoms with E-state index in [1.54, 1.807) is 22.5 Å². The molecule has 1 amide bonds. The summed E-state index contributed by atoms with van der Waals surface area (Å²) in [5.41, 5.74) is -1.26. The molecule has 1 aromatic carbocycles. The lowest BCUT2D eigenvalue weighted by atomic mass is 9.49. The third kappa shape index (κ3) is 4.81. The molecule has 8 nitrogen and oxygen atoms in total. The first-order chi connectivity index (χ1) is 17.8. The molecule has 3 aromatic rings. The van der Waals surface area contributed by atoms with Gasteiger partial charge in [0.05, 0.1) is 29.1 Å². The molecule has 14 heteroatoms. The number of pyridine rings is 1. The van der Waals surface area contributed by atoms with Crippen LogP contribution in [0.15, 0.2) is 35.4 Å². The number of hydrogen-bond donors (Lipinski definition) is 1. The SMILES string of the molecule is BC(B)(B)n1c(=O)c([C@]2(OC)CCN(C(C)=O)C2)cc2c(N[C@H](C)c3cccc(C(F)F)c3F)ncnc21. The van der Waals surface area contributed by atoms with Gasteiger partial charge in [0, 0.05) is 32.6 Å². The van der Waals surface area contributed by atoms with Crippen molar-refractivity contribution in [2.75, 3.05) is 25.5 Å². The number of nitrogens with one attached hydrogen (secondary N) is 1. The molecule has 198 valence electrons. The van der Waals surface area contributed by atoms with Gasteiger partial charge < -0.3 is 19.5 Å². The van der Waals surface area contributed by atoms with Crippen LogP contribution in [0.2, 0.25) is 0 Å². The molecule has 0 bridgehead atoms. The van der Waals surface area contributed by atoms with E-state index in [0.717, 1.165) is 6.07 Å². The number of nitrogens with zero attached hydrogens (tertiary/aromatic N) is 4. The molecule has 0 radical (unpaired) electrons. The Hall–Kier alpha value is -3.28. The lowest BCUT2D eigenvalue weighted by Crippen LogP contribution is -2.48. The van der Waals surface area contributed by atoms with Crippen molar-refractivity contribution in [1.82, 2.24) is 19.4 Å². The third-order valence-corrected chi connectivity index (χ3v) is 7.14. The summed E-state index contributed by atoms with van der Waals surface area (Å²) in [5.74, 6) is -0.800. The number of likely N-dealkylation sites (tertiary alicyclic amines) is 1. The molecule has 0 spiro atoms. The number of alkyl halides is 2. The minimum absolute atomic E-state index is 0.0557. The Kier molecular flexibility index (Phi) is 7.39. The first-order valence-electron chi connectivity index (χ1n) is 12.4. The first kappa shape index (κ1) is 27.8. The molecular formula is C24H29B3F3N5O3. The number of carbonyl (C=O) groups is 1. The highest BCUT2D eigenvalue weighted by atomic mass is 19.3. The van der Waals surface area contributed by atoms with Crippen LogP contribution in [0.4, 0.5) is 19.0 Å². The topological polar surface area (TPSA) is 89.4 Å². The smallest absolute Gasteiger partial charge is 0.266 e. The second kappa shape index (κ2) is 10.1. The molecule has 0 unspecified atom stereocenters. The Morgan fingerprint density at radius 1 is 1.24 bits per heavy atom. The van der Waals surface area contributed by atoms with Crippen molar-refractivity contribution in [3.05, 3.63) is 63.5 Å². The van der Waals surface area contributed by atoms with Crippen molar-refractivity contribution in [2.24, 2.45) is 0 Å². The summed E-state index contributed by atoms with van der Waals surface area (Å²) in [6.07, 6.45) is -1.23. The fraction of sp³-hybridized carbons (Fsp3) is 0.417. The van der Waals surface area contributed by atoms with Gasteiger partial charge in [0.2, 0.25) is 5.91 Å². The zero-order valence-electron chi connectivity index (χ0n) is 22.3. The number of rotatable bonds is 7. The van der Waals surface area contributed by atoms with E-state index in [0.29, 0.717) is 35.4 Å². The standard InChI is InChI=1S/C24H29B3F3N5O3/c1-12(14-5-4-6-15(18(14)28)19(29)30)33-20-16-9-17(23(38-3)7-8-34(10-23)13(2)36)22(37)35(24(25,26)27)21(16)32-11-31-20/h4-6,9,11-12,19H,7-8,10,25-27H2,1-3H3,(H,31,32,33)/t12-,23+/m1/s1. The molecule has 0 aliphatic carbocycles. The van der Waals surface area contributed by atoms with Gasteiger partial charge in [-0.1, -0.05) is 18.2 Å². The molecule has 1 N–H and O–H groups in total. The van der Waals surface area contributed by atoms with Crippen molar-refractivity contribution in [3.8, 4) is 0 Å². The highest BCUT2D eigenvalue weighted by molar-refractivity contribution is 6.56. The first-order valence-corrected chi connectivity index (χ1v) is 12.4. The monoisotopic (exact) mass is 525 g/mol. The summed E-state index contributed by atoms with van der Waals surface area (Å²) in [6.45, 7) is 3.76. The van der Waals surface area contributed by atoms with E-state index in [2.05, 4.69) is 15.3 Å². The molecule has 1 fully saturated rings. The van der Waals surface area contributed by atoms with Gasteiger partial charge in [-0.3, -0.25) is 9.59 Å². The van der Waals surface area contributed by atoms with E-state index < -0.39 is 34.7 Å². The number of fused-ring (bicyclic) bond motifs is 1. The van der Waals surface area contributed by atoms with Crippen LogP contribution in [0.25, 0.3) is 11.0 Å². The molecular weight excluding hydrogens is 496 g/mol. The molecule has 3 heterocycles. The molecule has 1 saturated heterocycles. The van der Waals surface area contributed by atoms with Crippen molar-refractivity contribution in [1.29, 1.82) is 0 Å². The van der Waals surface area contributed by atoms with Gasteiger partial charge in [-0.05, 0) is 18.2 Å². The van der Waals surface area contributed by atoms with Crippen LogP contribution in [0.5, 0.6) is 0 Å². The second-order valence-corrected chi connectivity index (χ2v) is 10.6. The van der Waals surface area contributed by atoms with Gasteiger partial charge >= 0.3 is 0 Å². The molecule has 1 aliphatic rings. The van der Waals surface area contributed by atoms with E-state index in [-0.39, 0.29) is 23.6 Å². The van der Waals surface area contributed by atoms with Gasteiger partial charge in [0.25, 0.3) is 12.0 Å². The molecule has 2 atom stereocenters. The van der Waals surface area contributed by atoms with Crippen LogP contribution >= 0.6 is 0 Å². The predicted octanol–water partition coefficient (Wildman–Crippen LogP) is 0.602. The number of methoxy groups -OCH3 is 1. The Bertz CT molecular complexity index is 1450. The van der Waals surface area contributed by atoms with Crippen molar-refractivity contribution in [3.63, 3.8) is 0 Å². The van der Waals surface area contributed by atoms with E-state index in [4.69, 9.17) is 4.74 Å². The van der Waals surface area contributed by atoms with Crippen LogP contribution in [0.3, 0.4) is 0 Å². The number of hydrogen-bond acceptors (Lipinski definition) is 6. The fourth-order valence-corrected chi connectivity index (χ4v) is 5.09. The van der Waals surface area contributed by atoms with E-state index in [9.17, 15) is 22.8 Å². The van der Waals surface area contributed by atoms with Crippen molar-refractivity contribution >= 4 is 46.3 Å². The van der Waals surface area contributed by atoms with Crippen LogP contribution in [0.1, 0.15) is 49.4 Å². The summed E-state index contributed by atoms with van der Waals surface area (Å²) >= 11 is 0. The maximum Gasteiger partial charge on any atom is 0.266 e. The number of amides is 1. The van der Waals surface area contributed by atoms with Crippen LogP contribution < -0.4 is 10.9 Å². The summed E-state index contributed by atoms with van der Waals surface area (Å²) in [5, 5.41) is 2.92. The van der Waals surface area contributed by atoms with Gasteiger partial charge in [-0.25, -0.2) is 23.1 Å². The van der Waals surface area contributed by atoms with Crippen LogP contribution in [0, 0.1) is 5.82 Å². The Labute approximate surface area is 221 Å². The highest BCUT2D eigenvalue weighted by Gasteiger charge is 2.44. The Morgan fingerprint density at radius 3 is 2.50 bits per heavy atom. The van der Waals surface area contributed by atoms with Crippen LogP contribution in [-0.4, -0.2) is 69.1 Å². The number of anilines is 1.